The third-order valence-corrected chi connectivity index (χ3v) is 12.1. The second kappa shape index (κ2) is 15.9. The number of nitrogens with one attached hydrogen (secondary N) is 3. The van der Waals surface area contributed by atoms with E-state index >= 15 is 0 Å². The van der Waals surface area contributed by atoms with E-state index in [1.807, 2.05) is 49.5 Å². The average molecular weight is 675 g/mol. The van der Waals surface area contributed by atoms with E-state index in [2.05, 4.69) is 20.6 Å². The normalized spacial score (nSPS) is 20.1. The standard InChI is InChI=1S/C37H50N6O4S/c1-38-25-28-11-15-31(16-12-28)42-26-30-24-35(40-36(30)41-37(42)45)29-13-17-34(18-14-29)48(46,47)43(32-19-21-39-22-20-32)23-5-8-27-6-2-3-9-33(44)10-4-7-27/h11-18,24,26-27,32-33,38-39,44H,2-10,19-23,25H2,1H3,(H,40,41,45). The lowest BCUT2D eigenvalue weighted by Crippen LogP contribution is -2.46. The first-order valence-electron chi connectivity index (χ1n) is 17.7. The largest absolute Gasteiger partial charge is 0.393 e. The van der Waals surface area contributed by atoms with Gasteiger partial charge in [-0.25, -0.2) is 13.2 Å². The third kappa shape index (κ3) is 8.26. The summed E-state index contributed by atoms with van der Waals surface area (Å²) in [5.74, 6) is 0.592. The Morgan fingerprint density at radius 1 is 0.958 bits per heavy atom. The van der Waals surface area contributed by atoms with Gasteiger partial charge in [0.25, 0.3) is 0 Å². The zero-order valence-electron chi connectivity index (χ0n) is 28.0. The summed E-state index contributed by atoms with van der Waals surface area (Å²) in [5, 5.41) is 17.4. The minimum atomic E-state index is -3.70. The van der Waals surface area contributed by atoms with Crippen LogP contribution in [0.15, 0.2) is 70.5 Å². The summed E-state index contributed by atoms with van der Waals surface area (Å²) in [6, 6.07) is 16.8. The van der Waals surface area contributed by atoms with Crippen molar-refractivity contribution in [2.75, 3.05) is 26.7 Å². The van der Waals surface area contributed by atoms with E-state index < -0.39 is 10.0 Å². The smallest absolute Gasteiger partial charge is 0.354 e. The number of aliphatic hydroxyl groups is 1. The Morgan fingerprint density at radius 2 is 1.67 bits per heavy atom. The third-order valence-electron chi connectivity index (χ3n) is 10.1. The first-order valence-corrected chi connectivity index (χ1v) is 19.1. The number of nitrogens with zero attached hydrogens (tertiary/aromatic N) is 3. The molecule has 2 aromatic carbocycles. The van der Waals surface area contributed by atoms with E-state index in [0.29, 0.717) is 23.0 Å². The van der Waals surface area contributed by atoms with Crippen molar-refractivity contribution in [1.29, 1.82) is 0 Å². The van der Waals surface area contributed by atoms with E-state index in [-0.39, 0.29) is 17.8 Å². The van der Waals surface area contributed by atoms with Crippen molar-refractivity contribution in [2.24, 2.45) is 5.92 Å². The second-order valence-corrected chi connectivity index (χ2v) is 15.5. The lowest BCUT2D eigenvalue weighted by molar-refractivity contribution is 0.149. The van der Waals surface area contributed by atoms with Crippen LogP contribution in [-0.4, -0.2) is 71.2 Å². The molecule has 1 saturated heterocycles. The Morgan fingerprint density at radius 3 is 2.42 bits per heavy atom. The number of piperidine rings is 1. The van der Waals surface area contributed by atoms with Crippen LogP contribution in [0.4, 0.5) is 0 Å². The molecule has 3 heterocycles. The lowest BCUT2D eigenvalue weighted by Gasteiger charge is -2.34. The van der Waals surface area contributed by atoms with E-state index in [9.17, 15) is 18.3 Å². The van der Waals surface area contributed by atoms with Gasteiger partial charge < -0.3 is 20.7 Å². The number of hydrogen-bond donors (Lipinski definition) is 4. The molecule has 2 fully saturated rings. The second-order valence-electron chi connectivity index (χ2n) is 13.6. The lowest BCUT2D eigenvalue weighted by atomic mass is 9.92. The van der Waals surface area contributed by atoms with E-state index in [1.165, 1.54) is 4.57 Å². The SMILES string of the molecule is CNCc1ccc(-n2cc3cc(-c4ccc(S(=O)(=O)N(CCCC5CCCCC(O)CCC5)C5CCNCC5)cc4)[nH]c3nc2=O)cc1. The molecule has 1 saturated carbocycles. The first-order chi connectivity index (χ1) is 23.3. The highest BCUT2D eigenvalue weighted by atomic mass is 32.2. The van der Waals surface area contributed by atoms with Crippen molar-refractivity contribution in [3.63, 3.8) is 0 Å². The van der Waals surface area contributed by atoms with Crippen LogP contribution >= 0.6 is 0 Å². The average Bonchev–Trinajstić information content (AvgIpc) is 3.55. The molecule has 0 radical (unpaired) electrons. The maximum Gasteiger partial charge on any atom is 0.354 e. The molecule has 0 amide bonds. The number of aromatic nitrogens is 3. The summed E-state index contributed by atoms with van der Waals surface area (Å²) < 4.78 is 31.7. The van der Waals surface area contributed by atoms with Crippen LogP contribution in [0.1, 0.15) is 76.2 Å². The van der Waals surface area contributed by atoms with Gasteiger partial charge in [0.05, 0.1) is 16.7 Å². The van der Waals surface area contributed by atoms with Gasteiger partial charge >= 0.3 is 5.69 Å². The summed E-state index contributed by atoms with van der Waals surface area (Å²) in [6.45, 7) is 2.91. The van der Waals surface area contributed by atoms with Crippen molar-refractivity contribution in [1.82, 2.24) is 29.5 Å². The van der Waals surface area contributed by atoms with Gasteiger partial charge in [0.2, 0.25) is 10.0 Å². The van der Waals surface area contributed by atoms with E-state index in [4.69, 9.17) is 0 Å². The highest BCUT2D eigenvalue weighted by Gasteiger charge is 2.32. The zero-order chi connectivity index (χ0) is 33.5. The maximum absolute atomic E-state index is 14.2. The fourth-order valence-corrected chi connectivity index (χ4v) is 9.14. The molecule has 48 heavy (non-hydrogen) atoms. The summed E-state index contributed by atoms with van der Waals surface area (Å²) in [5.41, 5.74) is 3.56. The Labute approximate surface area is 284 Å². The predicted octanol–water partition coefficient (Wildman–Crippen LogP) is 5.34. The van der Waals surface area contributed by atoms with Gasteiger partial charge in [-0.2, -0.15) is 9.29 Å². The summed E-state index contributed by atoms with van der Waals surface area (Å²) in [7, 11) is -1.81. The van der Waals surface area contributed by atoms with Gasteiger partial charge in [-0.3, -0.25) is 4.57 Å². The van der Waals surface area contributed by atoms with Gasteiger partial charge in [-0.15, -0.1) is 0 Å². The maximum atomic E-state index is 14.2. The summed E-state index contributed by atoms with van der Waals surface area (Å²) in [6.07, 6.45) is 12.4. The molecular formula is C37H50N6O4S. The minimum absolute atomic E-state index is 0.0149. The fraction of sp³-hybridized carbons (Fsp3) is 0.514. The zero-order valence-corrected chi connectivity index (χ0v) is 28.9. The molecule has 2 aromatic heterocycles. The number of aromatic amines is 1. The molecule has 1 aliphatic heterocycles. The molecule has 11 heteroatoms. The number of H-pyrrole nitrogens is 1. The van der Waals surface area contributed by atoms with Crippen molar-refractivity contribution in [3.05, 3.63) is 76.8 Å². The minimum Gasteiger partial charge on any atom is -0.393 e. The van der Waals surface area contributed by atoms with Crippen LogP contribution in [0.25, 0.3) is 28.0 Å². The highest BCUT2D eigenvalue weighted by Crippen LogP contribution is 2.30. The number of sulfonamides is 1. The van der Waals surface area contributed by atoms with Crippen LogP contribution in [0, 0.1) is 5.92 Å². The molecule has 10 nitrogen and oxygen atoms in total. The quantitative estimate of drug-likeness (QED) is 0.169. The fourth-order valence-electron chi connectivity index (χ4n) is 7.42. The Kier molecular flexibility index (Phi) is 11.4. The molecule has 4 aromatic rings. The summed E-state index contributed by atoms with van der Waals surface area (Å²) >= 11 is 0. The van der Waals surface area contributed by atoms with Crippen molar-refractivity contribution in [3.8, 4) is 16.9 Å². The number of hydrogen-bond acceptors (Lipinski definition) is 7. The van der Waals surface area contributed by atoms with Crippen molar-refractivity contribution in [2.45, 2.75) is 94.2 Å². The van der Waals surface area contributed by atoms with Crippen LogP contribution in [-0.2, 0) is 16.6 Å². The molecule has 2 aliphatic rings. The van der Waals surface area contributed by atoms with Crippen molar-refractivity contribution >= 4 is 21.1 Å². The Bertz CT molecular complexity index is 1800. The van der Waals surface area contributed by atoms with Crippen LogP contribution in [0.5, 0.6) is 0 Å². The molecule has 0 bridgehead atoms. The molecule has 6 rings (SSSR count). The molecule has 0 spiro atoms. The van der Waals surface area contributed by atoms with Gasteiger partial charge in [-0.1, -0.05) is 56.4 Å². The molecule has 2 unspecified atom stereocenters. The van der Waals surface area contributed by atoms with Gasteiger partial charge in [-0.05, 0) is 106 Å². The molecule has 1 aliphatic carbocycles. The molecular weight excluding hydrogens is 625 g/mol. The van der Waals surface area contributed by atoms with E-state index in [1.54, 1.807) is 22.6 Å². The number of benzene rings is 2. The molecule has 258 valence electrons. The molecule has 2 atom stereocenters. The van der Waals surface area contributed by atoms with Gasteiger partial charge in [0.1, 0.15) is 5.65 Å². The molecule has 4 N–H and O–H groups in total. The topological polar surface area (TPSA) is 132 Å². The Balaban J connectivity index is 1.18. The number of aliphatic hydroxyl groups excluding tert-OH is 1. The van der Waals surface area contributed by atoms with E-state index in [0.717, 1.165) is 118 Å². The number of rotatable bonds is 11. The summed E-state index contributed by atoms with van der Waals surface area (Å²) in [4.78, 5) is 20.7. The monoisotopic (exact) mass is 674 g/mol. The van der Waals surface area contributed by atoms with Crippen LogP contribution in [0.3, 0.4) is 0 Å². The number of fused-ring (bicyclic) bond motifs is 1. The van der Waals surface area contributed by atoms with Gasteiger partial charge in [0.15, 0.2) is 0 Å². The predicted molar refractivity (Wildman–Crippen MR) is 191 cm³/mol. The van der Waals surface area contributed by atoms with Crippen LogP contribution in [0.2, 0.25) is 0 Å². The first kappa shape index (κ1) is 34.5. The highest BCUT2D eigenvalue weighted by molar-refractivity contribution is 7.89. The van der Waals surface area contributed by atoms with Crippen LogP contribution < -0.4 is 16.3 Å². The Hall–Kier alpha value is -3.35. The van der Waals surface area contributed by atoms with Gasteiger partial charge in [0, 0.05) is 36.4 Å². The van der Waals surface area contributed by atoms with Crippen molar-refractivity contribution < 1.29 is 13.5 Å².